The van der Waals surface area contributed by atoms with E-state index >= 15 is 0 Å². The Balaban J connectivity index is 3.93. The van der Waals surface area contributed by atoms with Crippen molar-refractivity contribution in [1.82, 2.24) is 0 Å². The number of carbonyl (C=O) groups excluding carboxylic acids is 1. The number of esters is 1. The highest BCUT2D eigenvalue weighted by molar-refractivity contribution is 5.72. The summed E-state index contributed by atoms with van der Waals surface area (Å²) in [6, 6.07) is 0. The van der Waals surface area contributed by atoms with Crippen molar-refractivity contribution in [3.8, 4) is 0 Å². The zero-order chi connectivity index (χ0) is 8.15. The van der Waals surface area contributed by atoms with Crippen LogP contribution in [0, 0.1) is 5.92 Å². The number of aliphatic hydroxyl groups excluding tert-OH is 1. The molecule has 0 heterocycles. The van der Waals surface area contributed by atoms with E-state index in [0.717, 1.165) is 0 Å². The van der Waals surface area contributed by atoms with Gasteiger partial charge in [-0.15, -0.1) is 6.58 Å². The molecule has 0 aromatic heterocycles. The van der Waals surface area contributed by atoms with Crippen molar-refractivity contribution in [2.45, 2.75) is 13.0 Å². The smallest absolute Gasteiger partial charge is 0.311 e. The van der Waals surface area contributed by atoms with Gasteiger partial charge in [0.2, 0.25) is 0 Å². The van der Waals surface area contributed by atoms with Gasteiger partial charge in [0.25, 0.3) is 0 Å². The molecule has 58 valence electrons. The monoisotopic (exact) mass is 144 g/mol. The minimum absolute atomic E-state index is 0.424. The fourth-order valence-corrected chi connectivity index (χ4v) is 0.529. The predicted octanol–water partition coefficient (Wildman–Crippen LogP) is 0.342. The Labute approximate surface area is 60.3 Å². The zero-order valence-corrected chi connectivity index (χ0v) is 6.20. The molecule has 0 rings (SSSR count). The lowest BCUT2D eigenvalue weighted by Gasteiger charge is -2.11. The molecule has 2 atom stereocenters. The third-order valence-electron chi connectivity index (χ3n) is 1.33. The topological polar surface area (TPSA) is 46.5 Å². The maximum atomic E-state index is 10.7. The van der Waals surface area contributed by atoms with Crippen LogP contribution in [-0.2, 0) is 9.53 Å². The number of hydrogen-bond donors (Lipinski definition) is 1. The summed E-state index contributed by atoms with van der Waals surface area (Å²) in [6.07, 6.45) is 0.495. The Morgan fingerprint density at radius 3 is 2.60 bits per heavy atom. The van der Waals surface area contributed by atoms with Gasteiger partial charge in [-0.1, -0.05) is 6.08 Å². The summed E-state index contributed by atoms with van der Waals surface area (Å²) in [4.78, 5) is 10.7. The van der Waals surface area contributed by atoms with E-state index in [4.69, 9.17) is 5.11 Å². The van der Waals surface area contributed by atoms with Crippen LogP contribution in [0.15, 0.2) is 12.7 Å². The Morgan fingerprint density at radius 1 is 1.80 bits per heavy atom. The van der Waals surface area contributed by atoms with E-state index in [1.165, 1.54) is 13.2 Å². The van der Waals surface area contributed by atoms with Crippen molar-refractivity contribution in [3.63, 3.8) is 0 Å². The SMILES string of the molecule is C=C[C@H](O)[C@H](C)C(=O)OC. The van der Waals surface area contributed by atoms with Crippen LogP contribution in [0.25, 0.3) is 0 Å². The van der Waals surface area contributed by atoms with E-state index in [2.05, 4.69) is 11.3 Å². The molecule has 10 heavy (non-hydrogen) atoms. The molecule has 0 aliphatic rings. The number of methoxy groups -OCH3 is 1. The molecule has 3 nitrogen and oxygen atoms in total. The summed E-state index contributed by atoms with van der Waals surface area (Å²) in [7, 11) is 1.29. The maximum Gasteiger partial charge on any atom is 0.311 e. The van der Waals surface area contributed by atoms with Gasteiger partial charge in [-0.05, 0) is 6.92 Å². The predicted molar refractivity (Wildman–Crippen MR) is 37.4 cm³/mol. The summed E-state index contributed by atoms with van der Waals surface area (Å²) < 4.78 is 4.39. The van der Waals surface area contributed by atoms with Crippen molar-refractivity contribution in [1.29, 1.82) is 0 Å². The molecular formula is C7H12O3. The molecule has 0 saturated carbocycles. The molecule has 0 saturated heterocycles. The van der Waals surface area contributed by atoms with Gasteiger partial charge in [0.1, 0.15) is 0 Å². The van der Waals surface area contributed by atoms with Crippen LogP contribution in [0.4, 0.5) is 0 Å². The molecule has 0 aromatic carbocycles. The Morgan fingerprint density at radius 2 is 2.30 bits per heavy atom. The number of aliphatic hydroxyl groups is 1. The zero-order valence-electron chi connectivity index (χ0n) is 6.20. The van der Waals surface area contributed by atoms with Crippen molar-refractivity contribution in [2.75, 3.05) is 7.11 Å². The lowest BCUT2D eigenvalue weighted by molar-refractivity contribution is -0.147. The normalized spacial score (nSPS) is 15.5. The van der Waals surface area contributed by atoms with Crippen LogP contribution in [0.2, 0.25) is 0 Å². The Hall–Kier alpha value is -0.830. The number of carbonyl (C=O) groups is 1. The average Bonchev–Trinajstić information content (AvgIpc) is 2.00. The molecule has 0 aliphatic heterocycles. The second kappa shape index (κ2) is 4.06. The van der Waals surface area contributed by atoms with Crippen molar-refractivity contribution in [2.24, 2.45) is 5.92 Å². The van der Waals surface area contributed by atoms with E-state index in [9.17, 15) is 4.79 Å². The van der Waals surface area contributed by atoms with Gasteiger partial charge in [-0.25, -0.2) is 0 Å². The number of rotatable bonds is 3. The number of hydrogen-bond acceptors (Lipinski definition) is 3. The molecule has 1 N–H and O–H groups in total. The standard InChI is InChI=1S/C7H12O3/c1-4-6(8)5(2)7(9)10-3/h4-6,8H,1H2,2-3H3/t5-,6-/m0/s1. The van der Waals surface area contributed by atoms with E-state index in [0.29, 0.717) is 0 Å². The van der Waals surface area contributed by atoms with Crippen LogP contribution in [0.3, 0.4) is 0 Å². The Bertz CT molecular complexity index is 131. The van der Waals surface area contributed by atoms with Crippen LogP contribution in [0.5, 0.6) is 0 Å². The summed E-state index contributed by atoms with van der Waals surface area (Å²) in [5, 5.41) is 9.01. The molecule has 0 unspecified atom stereocenters. The summed E-state index contributed by atoms with van der Waals surface area (Å²) >= 11 is 0. The van der Waals surface area contributed by atoms with E-state index in [-0.39, 0.29) is 0 Å². The average molecular weight is 144 g/mol. The molecule has 3 heteroatoms. The van der Waals surface area contributed by atoms with E-state index in [1.807, 2.05) is 0 Å². The van der Waals surface area contributed by atoms with Gasteiger partial charge in [0.05, 0.1) is 19.1 Å². The lowest BCUT2D eigenvalue weighted by Crippen LogP contribution is -2.24. The highest BCUT2D eigenvalue weighted by atomic mass is 16.5. The first-order valence-corrected chi connectivity index (χ1v) is 3.02. The fraction of sp³-hybridized carbons (Fsp3) is 0.571. The summed E-state index contributed by atoms with van der Waals surface area (Å²) in [6.45, 7) is 4.92. The fourth-order valence-electron chi connectivity index (χ4n) is 0.529. The van der Waals surface area contributed by atoms with E-state index < -0.39 is 18.0 Å². The largest absolute Gasteiger partial charge is 0.469 e. The second-order valence-electron chi connectivity index (χ2n) is 2.04. The van der Waals surface area contributed by atoms with Gasteiger partial charge in [0.15, 0.2) is 0 Å². The number of ether oxygens (including phenoxy) is 1. The van der Waals surface area contributed by atoms with Gasteiger partial charge in [0, 0.05) is 0 Å². The van der Waals surface area contributed by atoms with Gasteiger partial charge in [-0.2, -0.15) is 0 Å². The molecule has 0 bridgehead atoms. The minimum Gasteiger partial charge on any atom is -0.469 e. The van der Waals surface area contributed by atoms with Gasteiger partial charge >= 0.3 is 5.97 Å². The molecule has 0 spiro atoms. The van der Waals surface area contributed by atoms with Crippen molar-refractivity contribution >= 4 is 5.97 Å². The minimum atomic E-state index is -0.813. The highest BCUT2D eigenvalue weighted by Crippen LogP contribution is 2.04. The lowest BCUT2D eigenvalue weighted by atomic mass is 10.1. The van der Waals surface area contributed by atoms with Gasteiger partial charge in [-0.3, -0.25) is 4.79 Å². The first-order chi connectivity index (χ1) is 4.63. The first kappa shape index (κ1) is 9.17. The van der Waals surface area contributed by atoms with Crippen LogP contribution in [0.1, 0.15) is 6.92 Å². The van der Waals surface area contributed by atoms with Gasteiger partial charge < -0.3 is 9.84 Å². The summed E-state index contributed by atoms with van der Waals surface area (Å²) in [5.41, 5.74) is 0. The maximum absolute atomic E-state index is 10.7. The van der Waals surface area contributed by atoms with E-state index in [1.54, 1.807) is 6.92 Å². The highest BCUT2D eigenvalue weighted by Gasteiger charge is 2.19. The van der Waals surface area contributed by atoms with Crippen LogP contribution >= 0.6 is 0 Å². The quantitative estimate of drug-likeness (QED) is 0.459. The third kappa shape index (κ3) is 2.19. The van der Waals surface area contributed by atoms with Crippen LogP contribution in [-0.4, -0.2) is 24.3 Å². The Kier molecular flexibility index (Phi) is 3.72. The molecule has 0 aromatic rings. The molecular weight excluding hydrogens is 132 g/mol. The third-order valence-corrected chi connectivity index (χ3v) is 1.33. The summed E-state index contributed by atoms with van der Waals surface area (Å²) in [5.74, 6) is -0.949. The molecule has 0 fully saturated rings. The first-order valence-electron chi connectivity index (χ1n) is 3.02. The molecule has 0 amide bonds. The van der Waals surface area contributed by atoms with Crippen molar-refractivity contribution in [3.05, 3.63) is 12.7 Å². The van der Waals surface area contributed by atoms with Crippen LogP contribution < -0.4 is 0 Å². The molecule has 0 radical (unpaired) electrons. The van der Waals surface area contributed by atoms with Crippen molar-refractivity contribution < 1.29 is 14.6 Å². The molecule has 0 aliphatic carbocycles. The second-order valence-corrected chi connectivity index (χ2v) is 2.04.